The molecular formula is C16H27N3O. The maximum Gasteiger partial charge on any atom is 0.265 e. The topological polar surface area (TPSA) is 58.4 Å². The summed E-state index contributed by atoms with van der Waals surface area (Å²) in [6.07, 6.45) is 4.76. The van der Waals surface area contributed by atoms with E-state index in [4.69, 9.17) is 5.84 Å². The van der Waals surface area contributed by atoms with E-state index < -0.39 is 0 Å². The molecule has 0 heterocycles. The van der Waals surface area contributed by atoms with E-state index in [-0.39, 0.29) is 5.91 Å². The second-order valence-corrected chi connectivity index (χ2v) is 5.11. The Labute approximate surface area is 122 Å². The van der Waals surface area contributed by atoms with Gasteiger partial charge in [0.25, 0.3) is 5.91 Å². The molecule has 0 saturated heterocycles. The van der Waals surface area contributed by atoms with Crippen LogP contribution in [0.2, 0.25) is 0 Å². The molecule has 0 radical (unpaired) electrons. The van der Waals surface area contributed by atoms with Gasteiger partial charge in [-0.3, -0.25) is 15.1 Å². The van der Waals surface area contributed by atoms with Crippen molar-refractivity contribution in [2.45, 2.75) is 46.1 Å². The Bertz CT molecular complexity index is 398. The molecule has 4 nitrogen and oxygen atoms in total. The van der Waals surface area contributed by atoms with Crippen molar-refractivity contribution in [3.8, 4) is 0 Å². The quantitative estimate of drug-likeness (QED) is 0.414. The molecule has 0 unspecified atom stereocenters. The van der Waals surface area contributed by atoms with Gasteiger partial charge in [-0.25, -0.2) is 5.84 Å². The Morgan fingerprint density at radius 2 is 1.75 bits per heavy atom. The lowest BCUT2D eigenvalue weighted by molar-refractivity contribution is 0.0951. The average molecular weight is 277 g/mol. The molecule has 0 aliphatic heterocycles. The molecular weight excluding hydrogens is 250 g/mol. The molecule has 3 N–H and O–H groups in total. The van der Waals surface area contributed by atoms with Gasteiger partial charge in [0.2, 0.25) is 0 Å². The van der Waals surface area contributed by atoms with Crippen LogP contribution in [0.1, 0.15) is 55.5 Å². The molecule has 1 aromatic rings. The van der Waals surface area contributed by atoms with Crippen molar-refractivity contribution in [1.82, 2.24) is 10.3 Å². The second-order valence-electron chi connectivity index (χ2n) is 5.11. The molecule has 112 valence electrons. The molecule has 0 fully saturated rings. The molecule has 0 aliphatic rings. The van der Waals surface area contributed by atoms with Gasteiger partial charge in [-0.1, -0.05) is 44.9 Å². The van der Waals surface area contributed by atoms with Crippen molar-refractivity contribution in [2.75, 3.05) is 13.1 Å². The summed E-state index contributed by atoms with van der Waals surface area (Å²) in [5.41, 5.74) is 3.94. The summed E-state index contributed by atoms with van der Waals surface area (Å²) in [4.78, 5) is 14.2. The molecule has 0 atom stereocenters. The number of nitrogens with two attached hydrogens (primary N) is 1. The van der Waals surface area contributed by atoms with Crippen molar-refractivity contribution < 1.29 is 4.79 Å². The Morgan fingerprint density at radius 3 is 2.30 bits per heavy atom. The monoisotopic (exact) mass is 277 g/mol. The molecule has 1 aromatic carbocycles. The van der Waals surface area contributed by atoms with Crippen molar-refractivity contribution in [3.63, 3.8) is 0 Å². The fraction of sp³-hybridized carbons (Fsp3) is 0.562. The zero-order valence-corrected chi connectivity index (χ0v) is 12.7. The first-order valence-corrected chi connectivity index (χ1v) is 7.54. The summed E-state index contributed by atoms with van der Waals surface area (Å²) in [5, 5.41) is 0. The number of amides is 1. The highest BCUT2D eigenvalue weighted by Gasteiger charge is 2.12. The minimum atomic E-state index is -0.216. The third kappa shape index (κ3) is 5.31. The molecule has 4 heteroatoms. The summed E-state index contributed by atoms with van der Waals surface area (Å²) in [6, 6.07) is 7.68. The first-order chi connectivity index (χ1) is 9.72. The number of unbranched alkanes of at least 4 members (excludes halogenated alkanes) is 2. The third-order valence-corrected chi connectivity index (χ3v) is 3.44. The molecule has 20 heavy (non-hydrogen) atoms. The summed E-state index contributed by atoms with van der Waals surface area (Å²) in [6.45, 7) is 7.37. The fourth-order valence-corrected chi connectivity index (χ4v) is 2.23. The maximum absolute atomic E-state index is 11.8. The number of hydrogen-bond donors (Lipinski definition) is 2. The number of nitrogens with one attached hydrogen (secondary N) is 1. The van der Waals surface area contributed by atoms with Crippen molar-refractivity contribution in [1.29, 1.82) is 0 Å². The van der Waals surface area contributed by atoms with Crippen LogP contribution in [-0.4, -0.2) is 23.9 Å². The van der Waals surface area contributed by atoms with Gasteiger partial charge in [0.1, 0.15) is 0 Å². The van der Waals surface area contributed by atoms with Crippen LogP contribution in [-0.2, 0) is 6.54 Å². The van der Waals surface area contributed by atoms with Gasteiger partial charge in [-0.15, -0.1) is 0 Å². The van der Waals surface area contributed by atoms with E-state index in [1.165, 1.54) is 25.7 Å². The van der Waals surface area contributed by atoms with E-state index >= 15 is 0 Å². The smallest absolute Gasteiger partial charge is 0.265 e. The maximum atomic E-state index is 11.8. The van der Waals surface area contributed by atoms with Gasteiger partial charge in [-0.05, 0) is 37.6 Å². The van der Waals surface area contributed by atoms with Crippen LogP contribution in [0.25, 0.3) is 0 Å². The van der Waals surface area contributed by atoms with Crippen molar-refractivity contribution in [2.24, 2.45) is 5.84 Å². The van der Waals surface area contributed by atoms with Crippen molar-refractivity contribution >= 4 is 5.91 Å². The van der Waals surface area contributed by atoms with E-state index in [0.717, 1.165) is 25.2 Å². The predicted molar refractivity (Wildman–Crippen MR) is 83.2 cm³/mol. The number of benzene rings is 1. The van der Waals surface area contributed by atoms with Gasteiger partial charge >= 0.3 is 0 Å². The van der Waals surface area contributed by atoms with Crippen LogP contribution >= 0.6 is 0 Å². The number of rotatable bonds is 9. The van der Waals surface area contributed by atoms with E-state index in [1.807, 2.05) is 24.3 Å². The molecule has 1 rings (SSSR count). The normalized spacial score (nSPS) is 10.8. The lowest BCUT2D eigenvalue weighted by Gasteiger charge is -2.23. The number of hydrogen-bond acceptors (Lipinski definition) is 3. The van der Waals surface area contributed by atoms with Gasteiger partial charge in [0.05, 0.1) is 0 Å². The highest BCUT2D eigenvalue weighted by Crippen LogP contribution is 2.13. The number of hydrazine groups is 1. The van der Waals surface area contributed by atoms with Crippen LogP contribution < -0.4 is 11.3 Å². The molecule has 0 aliphatic carbocycles. The standard InChI is InChI=1S/C16H27N3O/c1-3-5-11-19(12-6-4-2)13-14-9-7-8-10-15(14)16(20)18-17/h7-10H,3-6,11-13,17H2,1-2H3,(H,18,20). The van der Waals surface area contributed by atoms with Crippen LogP contribution in [0.5, 0.6) is 0 Å². The Balaban J connectivity index is 2.78. The fourth-order valence-electron chi connectivity index (χ4n) is 2.23. The van der Waals surface area contributed by atoms with Crippen LogP contribution in [0, 0.1) is 0 Å². The van der Waals surface area contributed by atoms with Crippen LogP contribution in [0.3, 0.4) is 0 Å². The minimum Gasteiger partial charge on any atom is -0.299 e. The van der Waals surface area contributed by atoms with E-state index in [2.05, 4.69) is 24.2 Å². The highest BCUT2D eigenvalue weighted by atomic mass is 16.2. The predicted octanol–water partition coefficient (Wildman–Crippen LogP) is 2.69. The molecule has 0 bridgehead atoms. The summed E-state index contributed by atoms with van der Waals surface area (Å²) < 4.78 is 0. The van der Waals surface area contributed by atoms with Gasteiger partial charge in [-0.2, -0.15) is 0 Å². The highest BCUT2D eigenvalue weighted by molar-refractivity contribution is 5.95. The number of carbonyl (C=O) groups excluding carboxylic acids is 1. The number of nitrogens with zero attached hydrogens (tertiary/aromatic N) is 1. The summed E-state index contributed by atoms with van der Waals surface area (Å²) in [5.74, 6) is 5.03. The van der Waals surface area contributed by atoms with Gasteiger partial charge in [0, 0.05) is 12.1 Å². The Hall–Kier alpha value is -1.39. The second kappa shape index (κ2) is 9.50. The first kappa shape index (κ1) is 16.7. The molecule has 0 aromatic heterocycles. The third-order valence-electron chi connectivity index (χ3n) is 3.44. The zero-order chi connectivity index (χ0) is 14.8. The summed E-state index contributed by atoms with van der Waals surface area (Å²) in [7, 11) is 0. The number of nitrogen functional groups attached to an aromatic ring is 1. The largest absolute Gasteiger partial charge is 0.299 e. The first-order valence-electron chi connectivity index (χ1n) is 7.54. The lowest BCUT2D eigenvalue weighted by Crippen LogP contribution is -2.32. The zero-order valence-electron chi connectivity index (χ0n) is 12.7. The molecule has 0 saturated carbocycles. The minimum absolute atomic E-state index is 0.216. The van der Waals surface area contributed by atoms with Gasteiger partial charge < -0.3 is 0 Å². The van der Waals surface area contributed by atoms with E-state index in [1.54, 1.807) is 0 Å². The van der Waals surface area contributed by atoms with E-state index in [9.17, 15) is 4.79 Å². The average Bonchev–Trinajstić information content (AvgIpc) is 2.49. The number of carbonyl (C=O) groups is 1. The van der Waals surface area contributed by atoms with Crippen LogP contribution in [0.15, 0.2) is 24.3 Å². The van der Waals surface area contributed by atoms with Gasteiger partial charge in [0.15, 0.2) is 0 Å². The SMILES string of the molecule is CCCCN(CCCC)Cc1ccccc1C(=O)NN. The Morgan fingerprint density at radius 1 is 1.15 bits per heavy atom. The molecule has 0 spiro atoms. The van der Waals surface area contributed by atoms with Crippen LogP contribution in [0.4, 0.5) is 0 Å². The van der Waals surface area contributed by atoms with E-state index in [0.29, 0.717) is 5.56 Å². The van der Waals surface area contributed by atoms with Crippen molar-refractivity contribution in [3.05, 3.63) is 35.4 Å². The summed E-state index contributed by atoms with van der Waals surface area (Å²) >= 11 is 0. The lowest BCUT2D eigenvalue weighted by atomic mass is 10.1. The Kier molecular flexibility index (Phi) is 7.92. The molecule has 1 amide bonds.